The van der Waals surface area contributed by atoms with Crippen LogP contribution in [0.25, 0.3) is 33.2 Å². The van der Waals surface area contributed by atoms with Gasteiger partial charge < -0.3 is 30.3 Å². The van der Waals surface area contributed by atoms with Gasteiger partial charge in [0.25, 0.3) is 0 Å². The maximum atomic E-state index is 13.2. The van der Waals surface area contributed by atoms with Crippen LogP contribution >= 0.6 is 0 Å². The second-order valence-electron chi connectivity index (χ2n) is 8.58. The predicted octanol–water partition coefficient (Wildman–Crippen LogP) is 3.96. The Labute approximate surface area is 193 Å². The summed E-state index contributed by atoms with van der Waals surface area (Å²) in [5.41, 5.74) is 4.99. The lowest BCUT2D eigenvalue weighted by Crippen LogP contribution is -2.06. The van der Waals surface area contributed by atoms with Crippen LogP contribution in [0.15, 0.2) is 53.3 Å². The second-order valence-corrected chi connectivity index (χ2v) is 8.58. The lowest BCUT2D eigenvalue weighted by molar-refractivity contribution is 0.470. The molecule has 8 heteroatoms. The van der Waals surface area contributed by atoms with Gasteiger partial charge in [0.05, 0.1) is 33.6 Å². The summed E-state index contributed by atoms with van der Waals surface area (Å²) in [7, 11) is 0. The zero-order chi connectivity index (χ0) is 23.4. The normalized spacial score (nSPS) is 13.3. The highest BCUT2D eigenvalue weighted by Crippen LogP contribution is 2.34. The molecule has 8 bridgehead atoms. The smallest absolute Gasteiger partial charge is 0.227 e. The number of benzene rings is 1. The summed E-state index contributed by atoms with van der Waals surface area (Å²) in [6.07, 6.45) is 1.94. The molecule has 0 saturated heterocycles. The molecule has 5 heterocycles. The zero-order valence-corrected chi connectivity index (χ0v) is 18.1. The molecule has 2 aliphatic heterocycles. The van der Waals surface area contributed by atoms with Crippen molar-refractivity contribution in [2.75, 3.05) is 0 Å². The van der Waals surface area contributed by atoms with Crippen LogP contribution < -0.4 is 5.43 Å². The molecule has 6 N–H and O–H groups in total. The molecule has 1 aromatic carbocycles. The van der Waals surface area contributed by atoms with Crippen LogP contribution in [0.4, 0.5) is 0 Å². The zero-order valence-electron chi connectivity index (χ0n) is 18.1. The van der Waals surface area contributed by atoms with Gasteiger partial charge in [0.2, 0.25) is 5.43 Å². The summed E-state index contributed by atoms with van der Waals surface area (Å²) < 4.78 is 0. The fourth-order valence-corrected chi connectivity index (χ4v) is 4.75. The third kappa shape index (κ3) is 3.14. The Morgan fingerprint density at radius 1 is 0.706 bits per heavy atom. The third-order valence-corrected chi connectivity index (χ3v) is 6.47. The molecule has 0 atom stereocenters. The number of fused-ring (bicyclic) bond motifs is 8. The Kier molecular flexibility index (Phi) is 4.48. The second kappa shape index (κ2) is 7.55. The maximum absolute atomic E-state index is 13.2. The van der Waals surface area contributed by atoms with Crippen LogP contribution in [0, 0.1) is 0 Å². The van der Waals surface area contributed by atoms with Crippen molar-refractivity contribution >= 4 is 22.1 Å². The van der Waals surface area contributed by atoms with Crippen molar-refractivity contribution in [3.05, 3.63) is 81.5 Å². The number of hydrogen-bond acceptors (Lipinski definition) is 5. The molecule has 2 aliphatic rings. The molecule has 0 spiro atoms. The molecule has 0 saturated carbocycles. The Hall–Kier alpha value is -4.46. The summed E-state index contributed by atoms with van der Waals surface area (Å²) >= 11 is 0. The van der Waals surface area contributed by atoms with Crippen molar-refractivity contribution in [1.29, 1.82) is 0 Å². The molecule has 0 aliphatic carbocycles. The topological polar surface area (TPSA) is 138 Å². The monoisotopic (exact) mass is 454 g/mol. The van der Waals surface area contributed by atoms with Gasteiger partial charge in [0, 0.05) is 17.3 Å². The number of H-pyrrole nitrogens is 3. The Balaban J connectivity index is 1.81. The van der Waals surface area contributed by atoms with Gasteiger partial charge in [-0.3, -0.25) is 4.79 Å². The van der Waals surface area contributed by atoms with E-state index in [1.54, 1.807) is 18.2 Å². The minimum absolute atomic E-state index is 0.0642. The van der Waals surface area contributed by atoms with Crippen molar-refractivity contribution in [3.63, 3.8) is 0 Å². The first-order valence-corrected chi connectivity index (χ1v) is 11.1. The van der Waals surface area contributed by atoms with Gasteiger partial charge in [-0.1, -0.05) is 30.3 Å². The molecule has 3 aromatic heterocycles. The number of aromatic nitrogens is 4. The van der Waals surface area contributed by atoms with Gasteiger partial charge in [0.15, 0.2) is 11.5 Å². The Morgan fingerprint density at radius 2 is 1.41 bits per heavy atom. The molecular weight excluding hydrogens is 432 g/mol. The maximum Gasteiger partial charge on any atom is 0.227 e. The number of rotatable bonds is 1. The summed E-state index contributed by atoms with van der Waals surface area (Å²) in [5.74, 6) is -0.158. The number of aromatic amines is 3. The molecular formula is C26H22N4O4. The molecule has 170 valence electrons. The van der Waals surface area contributed by atoms with Crippen molar-refractivity contribution in [1.82, 2.24) is 19.9 Å². The van der Waals surface area contributed by atoms with Crippen LogP contribution in [-0.4, -0.2) is 35.3 Å². The highest BCUT2D eigenvalue weighted by atomic mass is 16.3. The van der Waals surface area contributed by atoms with Crippen molar-refractivity contribution in [2.45, 2.75) is 25.7 Å². The van der Waals surface area contributed by atoms with E-state index in [0.717, 1.165) is 16.8 Å². The standard InChI is InChI=1S/C26H22N4O4/c31-21-12-20-22(13-4-2-1-3-5-13)14-6-7-15(27-14)24(32)16-8-9-17(28-16)25(33)18-10-11-19(29-18)26(34)23(21)30-20/h1-5,8-9,12,27-28,30-33H,6-7,10-11H2. The molecule has 8 nitrogen and oxygen atoms in total. The molecule has 0 amide bonds. The van der Waals surface area contributed by atoms with Crippen LogP contribution in [0.1, 0.15) is 22.8 Å². The summed E-state index contributed by atoms with van der Waals surface area (Å²) in [4.78, 5) is 27.1. The number of hydrogen-bond donors (Lipinski definition) is 6. The van der Waals surface area contributed by atoms with E-state index in [9.17, 15) is 20.1 Å². The third-order valence-electron chi connectivity index (χ3n) is 6.47. The average molecular weight is 454 g/mol. The fraction of sp³-hybridized carbons (Fsp3) is 0.154. The molecule has 0 radical (unpaired) electrons. The van der Waals surface area contributed by atoms with Crippen molar-refractivity contribution < 1.29 is 15.3 Å². The van der Waals surface area contributed by atoms with Gasteiger partial charge in [-0.05, 0) is 43.4 Å². The van der Waals surface area contributed by atoms with E-state index in [0.29, 0.717) is 53.6 Å². The fourth-order valence-electron chi connectivity index (χ4n) is 4.75. The van der Waals surface area contributed by atoms with E-state index in [2.05, 4.69) is 19.9 Å². The van der Waals surface area contributed by atoms with Crippen LogP contribution in [-0.2, 0) is 25.7 Å². The van der Waals surface area contributed by atoms with Gasteiger partial charge in [0.1, 0.15) is 11.3 Å². The average Bonchev–Trinajstić information content (AvgIpc) is 3.65. The van der Waals surface area contributed by atoms with E-state index >= 15 is 0 Å². The molecule has 0 unspecified atom stereocenters. The highest BCUT2D eigenvalue weighted by Gasteiger charge is 2.20. The molecule has 0 fully saturated rings. The summed E-state index contributed by atoms with van der Waals surface area (Å²) in [5, 5.41) is 32.4. The largest absolute Gasteiger partial charge is 0.506 e. The number of nitrogens with zero attached hydrogens (tertiary/aromatic N) is 1. The highest BCUT2D eigenvalue weighted by molar-refractivity contribution is 5.86. The number of aromatic hydroxyl groups is 3. The minimum atomic E-state index is -0.402. The van der Waals surface area contributed by atoms with Crippen LogP contribution in [0.2, 0.25) is 0 Å². The van der Waals surface area contributed by atoms with Crippen LogP contribution in [0.3, 0.4) is 0 Å². The first-order chi connectivity index (χ1) is 16.5. The van der Waals surface area contributed by atoms with Crippen molar-refractivity contribution in [2.24, 2.45) is 0 Å². The predicted molar refractivity (Wildman–Crippen MR) is 129 cm³/mol. The van der Waals surface area contributed by atoms with Crippen LogP contribution in [0.5, 0.6) is 17.2 Å². The lowest BCUT2D eigenvalue weighted by atomic mass is 10.0. The molecule has 4 aromatic rings. The Bertz CT molecular complexity index is 1660. The first kappa shape index (κ1) is 20.2. The first-order valence-electron chi connectivity index (χ1n) is 11.1. The molecule has 34 heavy (non-hydrogen) atoms. The SMILES string of the molecule is O=c1c2nc(c(O)c3ccc([nH]3)c(O)c3[nH]c(c(-c4ccccc4)c4cc(O)c1[nH]4)CC3)CC2. The van der Waals surface area contributed by atoms with E-state index < -0.39 is 5.43 Å². The van der Waals surface area contributed by atoms with E-state index in [4.69, 9.17) is 0 Å². The van der Waals surface area contributed by atoms with E-state index in [-0.39, 0.29) is 28.5 Å². The van der Waals surface area contributed by atoms with Crippen molar-refractivity contribution in [3.8, 4) is 28.4 Å². The summed E-state index contributed by atoms with van der Waals surface area (Å²) in [6.45, 7) is 0. The number of aryl methyl sites for hydroxylation is 4. The number of nitrogens with one attached hydrogen (secondary N) is 3. The van der Waals surface area contributed by atoms with Gasteiger partial charge in [-0.2, -0.15) is 0 Å². The lowest BCUT2D eigenvalue weighted by Gasteiger charge is -2.04. The van der Waals surface area contributed by atoms with Gasteiger partial charge in [-0.15, -0.1) is 0 Å². The van der Waals surface area contributed by atoms with E-state index in [1.165, 1.54) is 0 Å². The summed E-state index contributed by atoms with van der Waals surface area (Å²) in [6, 6.07) is 14.6. The van der Waals surface area contributed by atoms with Gasteiger partial charge >= 0.3 is 0 Å². The van der Waals surface area contributed by atoms with E-state index in [1.807, 2.05) is 30.3 Å². The molecule has 6 rings (SSSR count). The Morgan fingerprint density at radius 3 is 2.21 bits per heavy atom. The minimum Gasteiger partial charge on any atom is -0.506 e. The quantitative estimate of drug-likeness (QED) is 0.259. The van der Waals surface area contributed by atoms with Gasteiger partial charge in [-0.25, -0.2) is 4.98 Å².